The molecule has 4 nitrogen and oxygen atoms in total. The molecule has 0 aliphatic carbocycles. The zero-order chi connectivity index (χ0) is 15.2. The standard InChI is InChI=1S/C16H13ClN2O2/c1-11(20)15(16(21)12-6-3-2-4-7-12)19-18-14-9-5-8-13(17)10-14/h2-10,15H,1H3. The number of nitrogens with zero attached hydrogens (tertiary/aromatic N) is 2. The Morgan fingerprint density at radius 3 is 2.38 bits per heavy atom. The lowest BCUT2D eigenvalue weighted by Gasteiger charge is -2.06. The van der Waals surface area contributed by atoms with Crippen LogP contribution in [0.5, 0.6) is 0 Å². The second kappa shape index (κ2) is 6.90. The first kappa shape index (κ1) is 15.1. The Morgan fingerprint density at radius 2 is 1.76 bits per heavy atom. The van der Waals surface area contributed by atoms with Gasteiger partial charge in [0.25, 0.3) is 0 Å². The molecule has 0 aliphatic rings. The number of Topliss-reactive ketones (excluding diaryl/α,β-unsaturated/α-hetero) is 2. The molecule has 2 aromatic rings. The number of ketones is 2. The zero-order valence-corrected chi connectivity index (χ0v) is 12.1. The van der Waals surface area contributed by atoms with Gasteiger partial charge in [-0.1, -0.05) is 48.0 Å². The maximum Gasteiger partial charge on any atom is 0.196 e. The van der Waals surface area contributed by atoms with Crippen molar-refractivity contribution in [2.24, 2.45) is 10.2 Å². The minimum absolute atomic E-state index is 0.352. The lowest BCUT2D eigenvalue weighted by molar-refractivity contribution is -0.117. The van der Waals surface area contributed by atoms with Gasteiger partial charge in [-0.25, -0.2) is 0 Å². The van der Waals surface area contributed by atoms with E-state index in [1.165, 1.54) is 6.92 Å². The lowest BCUT2D eigenvalue weighted by atomic mass is 10.0. The monoisotopic (exact) mass is 300 g/mol. The summed E-state index contributed by atoms with van der Waals surface area (Å²) < 4.78 is 0. The van der Waals surface area contributed by atoms with Crippen molar-refractivity contribution in [1.29, 1.82) is 0 Å². The summed E-state index contributed by atoms with van der Waals surface area (Å²) in [7, 11) is 0. The van der Waals surface area contributed by atoms with Crippen molar-refractivity contribution < 1.29 is 9.59 Å². The second-order valence-corrected chi connectivity index (χ2v) is 4.88. The van der Waals surface area contributed by atoms with Gasteiger partial charge in [0.2, 0.25) is 0 Å². The first-order valence-corrected chi connectivity index (χ1v) is 6.72. The molecule has 2 rings (SSSR count). The van der Waals surface area contributed by atoms with Crippen molar-refractivity contribution in [3.05, 3.63) is 65.2 Å². The molecule has 2 aromatic carbocycles. The largest absolute Gasteiger partial charge is 0.297 e. The average Bonchev–Trinajstić information content (AvgIpc) is 2.48. The van der Waals surface area contributed by atoms with E-state index in [2.05, 4.69) is 10.2 Å². The van der Waals surface area contributed by atoms with E-state index in [4.69, 9.17) is 11.6 Å². The molecular formula is C16H13ClN2O2. The van der Waals surface area contributed by atoms with Gasteiger partial charge in [0.15, 0.2) is 17.6 Å². The van der Waals surface area contributed by atoms with Crippen molar-refractivity contribution in [2.75, 3.05) is 0 Å². The predicted molar refractivity (Wildman–Crippen MR) is 81.2 cm³/mol. The van der Waals surface area contributed by atoms with Gasteiger partial charge in [-0.15, -0.1) is 0 Å². The van der Waals surface area contributed by atoms with Crippen molar-refractivity contribution in [2.45, 2.75) is 13.0 Å². The van der Waals surface area contributed by atoms with Gasteiger partial charge >= 0.3 is 0 Å². The molecule has 0 saturated carbocycles. The van der Waals surface area contributed by atoms with Crippen LogP contribution in [0.3, 0.4) is 0 Å². The Morgan fingerprint density at radius 1 is 1.05 bits per heavy atom. The fourth-order valence-electron chi connectivity index (χ4n) is 1.74. The van der Waals surface area contributed by atoms with E-state index in [0.29, 0.717) is 16.3 Å². The third-order valence-electron chi connectivity index (χ3n) is 2.79. The van der Waals surface area contributed by atoms with Crippen molar-refractivity contribution in [3.8, 4) is 0 Å². The van der Waals surface area contributed by atoms with Crippen molar-refractivity contribution in [1.82, 2.24) is 0 Å². The maximum absolute atomic E-state index is 12.3. The molecule has 0 N–H and O–H groups in total. The number of benzene rings is 2. The smallest absolute Gasteiger partial charge is 0.196 e. The summed E-state index contributed by atoms with van der Waals surface area (Å²) in [4.78, 5) is 23.9. The summed E-state index contributed by atoms with van der Waals surface area (Å²) in [5.41, 5.74) is 0.928. The Bertz CT molecular complexity index is 684. The molecule has 0 radical (unpaired) electrons. The van der Waals surface area contributed by atoms with Gasteiger partial charge < -0.3 is 0 Å². The highest BCUT2D eigenvalue weighted by Crippen LogP contribution is 2.19. The van der Waals surface area contributed by atoms with Crippen molar-refractivity contribution >= 4 is 28.9 Å². The minimum Gasteiger partial charge on any atom is -0.297 e. The van der Waals surface area contributed by atoms with E-state index >= 15 is 0 Å². The molecule has 0 amide bonds. The van der Waals surface area contributed by atoms with Crippen LogP contribution in [0.2, 0.25) is 5.02 Å². The molecule has 0 fully saturated rings. The number of carbonyl (C=O) groups is 2. The molecule has 106 valence electrons. The fraction of sp³-hybridized carbons (Fsp3) is 0.125. The van der Waals surface area contributed by atoms with Crippen LogP contribution in [0.4, 0.5) is 5.69 Å². The Kier molecular flexibility index (Phi) is 4.95. The third kappa shape index (κ3) is 4.07. The summed E-state index contributed by atoms with van der Waals surface area (Å²) >= 11 is 5.85. The average molecular weight is 301 g/mol. The highest BCUT2D eigenvalue weighted by Gasteiger charge is 2.24. The Hall–Kier alpha value is -2.33. The highest BCUT2D eigenvalue weighted by atomic mass is 35.5. The molecule has 1 unspecified atom stereocenters. The first-order valence-electron chi connectivity index (χ1n) is 6.34. The molecule has 0 spiro atoms. The summed E-state index contributed by atoms with van der Waals surface area (Å²) in [6.07, 6.45) is 0. The number of hydrogen-bond acceptors (Lipinski definition) is 4. The van der Waals surface area contributed by atoms with E-state index in [-0.39, 0.29) is 11.6 Å². The molecule has 0 heterocycles. The van der Waals surface area contributed by atoms with Gasteiger partial charge in [0, 0.05) is 10.6 Å². The summed E-state index contributed by atoms with van der Waals surface area (Å²) in [6.45, 7) is 1.32. The minimum atomic E-state index is -1.13. The quantitative estimate of drug-likeness (QED) is 0.470. The van der Waals surface area contributed by atoms with Gasteiger partial charge in [-0.2, -0.15) is 10.2 Å². The number of hydrogen-bond donors (Lipinski definition) is 0. The van der Waals surface area contributed by atoms with Crippen LogP contribution in [0.15, 0.2) is 64.8 Å². The number of halogens is 1. The van der Waals surface area contributed by atoms with Crippen LogP contribution in [-0.4, -0.2) is 17.6 Å². The molecule has 5 heteroatoms. The molecular weight excluding hydrogens is 288 g/mol. The zero-order valence-electron chi connectivity index (χ0n) is 11.4. The summed E-state index contributed by atoms with van der Waals surface area (Å²) in [6, 6.07) is 14.2. The summed E-state index contributed by atoms with van der Waals surface area (Å²) in [5.74, 6) is -0.719. The number of rotatable bonds is 5. The SMILES string of the molecule is CC(=O)C(N=Nc1cccc(Cl)c1)C(=O)c1ccccc1. The molecule has 0 saturated heterocycles. The Labute approximate surface area is 127 Å². The van der Waals surface area contributed by atoms with Crippen LogP contribution in [0.25, 0.3) is 0 Å². The van der Waals surface area contributed by atoms with Crippen LogP contribution >= 0.6 is 11.6 Å². The van der Waals surface area contributed by atoms with Crippen LogP contribution < -0.4 is 0 Å². The molecule has 21 heavy (non-hydrogen) atoms. The molecule has 0 bridgehead atoms. The van der Waals surface area contributed by atoms with E-state index in [1.807, 2.05) is 0 Å². The van der Waals surface area contributed by atoms with Crippen LogP contribution in [0, 0.1) is 0 Å². The first-order chi connectivity index (χ1) is 10.1. The number of carbonyl (C=O) groups excluding carboxylic acids is 2. The van der Waals surface area contributed by atoms with Gasteiger partial charge in [0.05, 0.1) is 5.69 Å². The lowest BCUT2D eigenvalue weighted by Crippen LogP contribution is -2.26. The highest BCUT2D eigenvalue weighted by molar-refractivity contribution is 6.30. The van der Waals surface area contributed by atoms with E-state index in [9.17, 15) is 9.59 Å². The number of azo groups is 1. The van der Waals surface area contributed by atoms with Crippen LogP contribution in [-0.2, 0) is 4.79 Å². The third-order valence-corrected chi connectivity index (χ3v) is 3.02. The summed E-state index contributed by atoms with van der Waals surface area (Å²) in [5, 5.41) is 8.33. The molecule has 0 aliphatic heterocycles. The van der Waals surface area contributed by atoms with E-state index in [0.717, 1.165) is 0 Å². The molecule has 1 atom stereocenters. The normalized spacial score (nSPS) is 12.3. The van der Waals surface area contributed by atoms with Gasteiger partial charge in [0.1, 0.15) is 0 Å². The van der Waals surface area contributed by atoms with Gasteiger partial charge in [-0.3, -0.25) is 9.59 Å². The van der Waals surface area contributed by atoms with Crippen molar-refractivity contribution in [3.63, 3.8) is 0 Å². The topological polar surface area (TPSA) is 58.9 Å². The van der Waals surface area contributed by atoms with Gasteiger partial charge in [-0.05, 0) is 25.1 Å². The Balaban J connectivity index is 2.24. The maximum atomic E-state index is 12.3. The van der Waals surface area contributed by atoms with E-state index in [1.54, 1.807) is 54.6 Å². The van der Waals surface area contributed by atoms with Crippen LogP contribution in [0.1, 0.15) is 17.3 Å². The predicted octanol–water partition coefficient (Wildman–Crippen LogP) is 4.26. The van der Waals surface area contributed by atoms with E-state index < -0.39 is 6.04 Å². The molecule has 0 aromatic heterocycles. The fourth-order valence-corrected chi connectivity index (χ4v) is 1.93. The second-order valence-electron chi connectivity index (χ2n) is 4.44.